The van der Waals surface area contributed by atoms with Crippen LogP contribution in [0.25, 0.3) is 0 Å². The maximum absolute atomic E-state index is 5.99. The first-order valence-corrected chi connectivity index (χ1v) is 7.41. The molecule has 0 unspecified atom stereocenters. The predicted octanol–water partition coefficient (Wildman–Crippen LogP) is 4.45. The first-order valence-electron chi connectivity index (χ1n) is 5.37. The van der Waals surface area contributed by atoms with Gasteiger partial charge in [-0.2, -0.15) is 0 Å². The van der Waals surface area contributed by atoms with Crippen LogP contribution in [0, 0.1) is 6.92 Å². The molecule has 2 rings (SSSR count). The summed E-state index contributed by atoms with van der Waals surface area (Å²) < 4.78 is 0. The van der Waals surface area contributed by atoms with Crippen LogP contribution in [0.1, 0.15) is 5.56 Å². The van der Waals surface area contributed by atoms with Crippen molar-refractivity contribution in [3.05, 3.63) is 48.0 Å². The van der Waals surface area contributed by atoms with Crippen LogP contribution in [0.3, 0.4) is 0 Å². The molecule has 1 nitrogen and oxygen atoms in total. The van der Waals surface area contributed by atoms with E-state index in [-0.39, 0.29) is 0 Å². The van der Waals surface area contributed by atoms with Gasteiger partial charge in [-0.25, -0.2) is 0 Å². The Morgan fingerprint density at radius 1 is 0.941 bits per heavy atom. The average molecular weight is 261 g/mol. The van der Waals surface area contributed by atoms with Crippen molar-refractivity contribution < 1.29 is 0 Å². The van der Waals surface area contributed by atoms with Crippen molar-refractivity contribution in [3.63, 3.8) is 0 Å². The summed E-state index contributed by atoms with van der Waals surface area (Å²) in [5, 5.41) is 0. The van der Waals surface area contributed by atoms with E-state index in [1.165, 1.54) is 15.4 Å². The van der Waals surface area contributed by atoms with Crippen molar-refractivity contribution >= 4 is 29.2 Å². The Hall–Kier alpha value is -1.06. The molecule has 3 heteroatoms. The highest BCUT2D eigenvalue weighted by Gasteiger charge is 2.03. The molecule has 0 spiro atoms. The lowest BCUT2D eigenvalue weighted by molar-refractivity contribution is 1.32. The Bertz CT molecular complexity index is 506. The third kappa shape index (κ3) is 3.20. The summed E-state index contributed by atoms with van der Waals surface area (Å²) in [6, 6.07) is 14.7. The van der Waals surface area contributed by atoms with Gasteiger partial charge in [0.25, 0.3) is 0 Å². The van der Waals surface area contributed by atoms with E-state index in [0.29, 0.717) is 0 Å². The van der Waals surface area contributed by atoms with Crippen molar-refractivity contribution in [2.45, 2.75) is 21.6 Å². The van der Waals surface area contributed by atoms with E-state index in [9.17, 15) is 0 Å². The molecule has 2 N–H and O–H groups in total. The number of anilines is 1. The maximum Gasteiger partial charge on any atom is 0.0456 e. The van der Waals surface area contributed by atoms with Crippen molar-refractivity contribution in [3.8, 4) is 0 Å². The van der Waals surface area contributed by atoms with Gasteiger partial charge in [0.2, 0.25) is 0 Å². The van der Waals surface area contributed by atoms with Gasteiger partial charge < -0.3 is 5.73 Å². The normalized spacial score (nSPS) is 10.5. The highest BCUT2D eigenvalue weighted by Crippen LogP contribution is 2.34. The number of nitrogen functional groups attached to an aromatic ring is 1. The molecule has 0 radical (unpaired) electrons. The van der Waals surface area contributed by atoms with Crippen LogP contribution < -0.4 is 5.73 Å². The molecule has 0 saturated carbocycles. The van der Waals surface area contributed by atoms with Gasteiger partial charge in [0, 0.05) is 20.4 Å². The zero-order valence-corrected chi connectivity index (χ0v) is 11.6. The molecule has 0 saturated heterocycles. The third-order valence-corrected chi connectivity index (χ3v) is 4.28. The van der Waals surface area contributed by atoms with Gasteiger partial charge in [0.05, 0.1) is 0 Å². The number of aryl methyl sites for hydroxylation is 1. The fraction of sp³-hybridized carbons (Fsp3) is 0.143. The van der Waals surface area contributed by atoms with Gasteiger partial charge in [0.1, 0.15) is 0 Å². The fourth-order valence-corrected chi connectivity index (χ4v) is 2.88. The third-order valence-electron chi connectivity index (χ3n) is 2.47. The van der Waals surface area contributed by atoms with Gasteiger partial charge in [-0.15, -0.1) is 11.8 Å². The number of nitrogens with two attached hydrogens (primary N) is 1. The highest BCUT2D eigenvalue weighted by molar-refractivity contribution is 8.00. The summed E-state index contributed by atoms with van der Waals surface area (Å²) in [5.74, 6) is 0. The molecule has 0 aliphatic carbocycles. The van der Waals surface area contributed by atoms with E-state index >= 15 is 0 Å². The molecule has 2 aromatic carbocycles. The summed E-state index contributed by atoms with van der Waals surface area (Å²) in [6.07, 6.45) is 2.08. The van der Waals surface area contributed by atoms with E-state index < -0.39 is 0 Å². The van der Waals surface area contributed by atoms with Crippen LogP contribution in [0.5, 0.6) is 0 Å². The van der Waals surface area contributed by atoms with E-state index in [0.717, 1.165) is 10.6 Å². The van der Waals surface area contributed by atoms with E-state index in [1.54, 1.807) is 23.5 Å². The van der Waals surface area contributed by atoms with Gasteiger partial charge >= 0.3 is 0 Å². The molecule has 0 aliphatic heterocycles. The monoisotopic (exact) mass is 261 g/mol. The maximum atomic E-state index is 5.99. The van der Waals surface area contributed by atoms with E-state index in [4.69, 9.17) is 5.73 Å². The molecule has 17 heavy (non-hydrogen) atoms. The first-order chi connectivity index (χ1) is 8.19. The van der Waals surface area contributed by atoms with Crippen LogP contribution >= 0.6 is 23.5 Å². The molecule has 0 heterocycles. The Labute approximate surface area is 111 Å². The number of rotatable bonds is 3. The highest BCUT2D eigenvalue weighted by atomic mass is 32.2. The molecule has 0 bridgehead atoms. The number of hydrogen-bond donors (Lipinski definition) is 1. The minimum absolute atomic E-state index is 0.841. The minimum Gasteiger partial charge on any atom is -0.398 e. The second kappa shape index (κ2) is 5.52. The standard InChI is InChI=1S/C14H15NS2/c1-10-3-5-11(6-4-10)17-14-9-12(16-2)7-8-13(14)15/h3-9H,15H2,1-2H3. The Morgan fingerprint density at radius 3 is 2.24 bits per heavy atom. The second-order valence-electron chi connectivity index (χ2n) is 3.82. The zero-order chi connectivity index (χ0) is 12.3. The number of benzene rings is 2. The molecule has 0 atom stereocenters. The largest absolute Gasteiger partial charge is 0.398 e. The summed E-state index contributed by atoms with van der Waals surface area (Å²) in [5.41, 5.74) is 8.11. The van der Waals surface area contributed by atoms with Gasteiger partial charge in [-0.3, -0.25) is 0 Å². The summed E-state index contributed by atoms with van der Waals surface area (Å²) >= 11 is 3.45. The zero-order valence-electron chi connectivity index (χ0n) is 9.94. The molecule has 0 aliphatic rings. The van der Waals surface area contributed by atoms with Crippen LogP contribution in [0.2, 0.25) is 0 Å². The topological polar surface area (TPSA) is 26.0 Å². The molecular formula is C14H15NS2. The van der Waals surface area contributed by atoms with Crippen molar-refractivity contribution in [1.29, 1.82) is 0 Å². The first kappa shape index (κ1) is 12.4. The average Bonchev–Trinajstić information content (AvgIpc) is 2.35. The van der Waals surface area contributed by atoms with Crippen molar-refractivity contribution in [2.24, 2.45) is 0 Å². The SMILES string of the molecule is CSc1ccc(N)c(Sc2ccc(C)cc2)c1. The summed E-state index contributed by atoms with van der Waals surface area (Å²) in [6.45, 7) is 2.09. The van der Waals surface area contributed by atoms with E-state index in [1.807, 2.05) is 6.07 Å². The molecule has 0 fully saturated rings. The smallest absolute Gasteiger partial charge is 0.0456 e. The molecule has 0 aromatic heterocycles. The van der Waals surface area contributed by atoms with Crippen LogP contribution in [-0.4, -0.2) is 6.26 Å². The van der Waals surface area contributed by atoms with Gasteiger partial charge in [0.15, 0.2) is 0 Å². The molecule has 2 aromatic rings. The van der Waals surface area contributed by atoms with Crippen molar-refractivity contribution in [1.82, 2.24) is 0 Å². The van der Waals surface area contributed by atoms with Crippen LogP contribution in [-0.2, 0) is 0 Å². The lowest BCUT2D eigenvalue weighted by Gasteiger charge is -2.07. The summed E-state index contributed by atoms with van der Waals surface area (Å²) in [4.78, 5) is 3.59. The fourth-order valence-electron chi connectivity index (χ4n) is 1.46. The molecular weight excluding hydrogens is 246 g/mol. The second-order valence-corrected chi connectivity index (χ2v) is 5.81. The Kier molecular flexibility index (Phi) is 4.02. The number of hydrogen-bond acceptors (Lipinski definition) is 3. The molecule has 88 valence electrons. The van der Waals surface area contributed by atoms with E-state index in [2.05, 4.69) is 49.6 Å². The van der Waals surface area contributed by atoms with Gasteiger partial charge in [-0.1, -0.05) is 29.5 Å². The summed E-state index contributed by atoms with van der Waals surface area (Å²) in [7, 11) is 0. The lowest BCUT2D eigenvalue weighted by atomic mass is 10.2. The number of thioether (sulfide) groups is 1. The van der Waals surface area contributed by atoms with Gasteiger partial charge in [-0.05, 0) is 43.5 Å². The Balaban J connectivity index is 2.25. The van der Waals surface area contributed by atoms with Crippen LogP contribution in [0.15, 0.2) is 57.2 Å². The van der Waals surface area contributed by atoms with Crippen LogP contribution in [0.4, 0.5) is 5.69 Å². The quantitative estimate of drug-likeness (QED) is 0.653. The minimum atomic E-state index is 0.841. The lowest BCUT2D eigenvalue weighted by Crippen LogP contribution is -1.88. The Morgan fingerprint density at radius 2 is 1.59 bits per heavy atom. The van der Waals surface area contributed by atoms with Crippen molar-refractivity contribution in [2.75, 3.05) is 12.0 Å². The predicted molar refractivity (Wildman–Crippen MR) is 77.9 cm³/mol. The molecule has 0 amide bonds.